The van der Waals surface area contributed by atoms with Crippen LogP contribution < -0.4 is 20.7 Å². The molecule has 11 heteroatoms. The number of benzene rings is 1. The number of aliphatic carboxylic acids is 1. The molecule has 3 aliphatic rings. The quantitative estimate of drug-likeness (QED) is 0.310. The average Bonchev–Trinajstić information content (AvgIpc) is 3.30. The van der Waals surface area contributed by atoms with Crippen molar-refractivity contribution in [2.45, 2.75) is 55.2 Å². The van der Waals surface area contributed by atoms with E-state index in [4.69, 9.17) is 4.74 Å². The molecule has 35 heavy (non-hydrogen) atoms. The number of carboxylic acid groups (broad SMARTS) is 1. The van der Waals surface area contributed by atoms with Gasteiger partial charge in [-0.2, -0.15) is 4.72 Å². The normalized spacial score (nSPS) is 25.7. The first-order valence-corrected chi connectivity index (χ1v) is 13.7. The van der Waals surface area contributed by atoms with Gasteiger partial charge in [0.1, 0.15) is 6.04 Å². The standard InChI is InChI=1S/C24H34N4O6S/c29-23(26-14-22(24(30)31)28-35(32,33)19-4-2-1-3-5-19)21-13-17-12-18(6-7-20(17)27-21)34-15-16-8-10-25-11-9-16/h1-5,13,16-18,20,22,25,27-28H,6-12,14-15H2,(H,26,29)(H,30,31)/t17?,18?,20?,22-/m0/s1. The SMILES string of the molecule is O=C(NC[C@H](NS(=O)(=O)c1ccccc1)C(=O)O)C1=CC2CC(OCC3CCNCC3)CCC2N1. The Hall–Kier alpha value is -2.47. The van der Waals surface area contributed by atoms with E-state index in [2.05, 4.69) is 20.7 Å². The van der Waals surface area contributed by atoms with Crippen LogP contribution in [0.15, 0.2) is 47.0 Å². The third-order valence-electron chi connectivity index (χ3n) is 6.96. The van der Waals surface area contributed by atoms with Gasteiger partial charge in [-0.1, -0.05) is 24.3 Å². The zero-order valence-corrected chi connectivity index (χ0v) is 20.4. The number of hydrogen-bond acceptors (Lipinski definition) is 7. The minimum absolute atomic E-state index is 0.0428. The molecule has 0 aromatic heterocycles. The highest BCUT2D eigenvalue weighted by atomic mass is 32.2. The van der Waals surface area contributed by atoms with E-state index < -0.39 is 27.9 Å². The predicted molar refractivity (Wildman–Crippen MR) is 129 cm³/mol. The molecule has 1 aliphatic carbocycles. The molecule has 0 spiro atoms. The summed E-state index contributed by atoms with van der Waals surface area (Å²) in [5.41, 5.74) is 0.397. The highest BCUT2D eigenvalue weighted by molar-refractivity contribution is 7.89. The van der Waals surface area contributed by atoms with Crippen LogP contribution in [0.5, 0.6) is 0 Å². The second kappa shape index (κ2) is 11.5. The van der Waals surface area contributed by atoms with Gasteiger partial charge < -0.3 is 25.8 Å². The van der Waals surface area contributed by atoms with Gasteiger partial charge in [-0.3, -0.25) is 9.59 Å². The molecular formula is C24H34N4O6S. The lowest BCUT2D eigenvalue weighted by Crippen LogP contribution is -2.49. The van der Waals surface area contributed by atoms with Crippen molar-refractivity contribution in [2.24, 2.45) is 11.8 Å². The fourth-order valence-electron chi connectivity index (χ4n) is 4.93. The Morgan fingerprint density at radius 1 is 1.11 bits per heavy atom. The monoisotopic (exact) mass is 506 g/mol. The first kappa shape index (κ1) is 25.6. The Labute approximate surface area is 205 Å². The Balaban J connectivity index is 1.27. The number of amides is 1. The van der Waals surface area contributed by atoms with Gasteiger partial charge in [0.2, 0.25) is 10.0 Å². The summed E-state index contributed by atoms with van der Waals surface area (Å²) < 4.78 is 33.3. The van der Waals surface area contributed by atoms with Gasteiger partial charge in [0.15, 0.2) is 0 Å². The molecule has 1 amide bonds. The number of nitrogens with one attached hydrogen (secondary N) is 4. The second-order valence-electron chi connectivity index (χ2n) is 9.49. The molecule has 5 N–H and O–H groups in total. The zero-order valence-electron chi connectivity index (χ0n) is 19.6. The van der Waals surface area contributed by atoms with Crippen molar-refractivity contribution in [1.29, 1.82) is 0 Å². The molecule has 1 saturated heterocycles. The number of piperidine rings is 1. The van der Waals surface area contributed by atoms with E-state index in [-0.39, 0.29) is 29.5 Å². The van der Waals surface area contributed by atoms with Gasteiger partial charge in [0, 0.05) is 25.1 Å². The van der Waals surface area contributed by atoms with Crippen LogP contribution in [-0.4, -0.2) is 69.8 Å². The fourth-order valence-corrected chi connectivity index (χ4v) is 6.14. The van der Waals surface area contributed by atoms with E-state index in [1.807, 2.05) is 6.08 Å². The van der Waals surface area contributed by atoms with Crippen LogP contribution in [0.4, 0.5) is 0 Å². The second-order valence-corrected chi connectivity index (χ2v) is 11.2. The lowest BCUT2D eigenvalue weighted by atomic mass is 9.84. The Kier molecular flexibility index (Phi) is 8.42. The average molecular weight is 507 g/mol. The third-order valence-corrected chi connectivity index (χ3v) is 8.45. The molecule has 1 saturated carbocycles. The van der Waals surface area contributed by atoms with Crippen LogP contribution in [-0.2, 0) is 24.3 Å². The van der Waals surface area contributed by atoms with E-state index in [0.29, 0.717) is 11.6 Å². The molecule has 4 atom stereocenters. The predicted octanol–water partition coefficient (Wildman–Crippen LogP) is 0.575. The Morgan fingerprint density at radius 3 is 2.57 bits per heavy atom. The topological polar surface area (TPSA) is 146 Å². The van der Waals surface area contributed by atoms with Crippen LogP contribution >= 0.6 is 0 Å². The molecule has 2 heterocycles. The van der Waals surface area contributed by atoms with Gasteiger partial charge in [0.05, 0.1) is 16.7 Å². The molecule has 3 unspecified atom stereocenters. The highest BCUT2D eigenvalue weighted by Gasteiger charge is 2.36. The summed E-state index contributed by atoms with van der Waals surface area (Å²) in [7, 11) is -4.04. The molecule has 10 nitrogen and oxygen atoms in total. The smallest absolute Gasteiger partial charge is 0.323 e. The van der Waals surface area contributed by atoms with Crippen molar-refractivity contribution in [3.63, 3.8) is 0 Å². The molecule has 0 radical (unpaired) electrons. The maximum Gasteiger partial charge on any atom is 0.323 e. The summed E-state index contributed by atoms with van der Waals surface area (Å²) in [6.07, 6.45) is 7.02. The summed E-state index contributed by atoms with van der Waals surface area (Å²) in [6.45, 7) is 2.50. The van der Waals surface area contributed by atoms with Crippen molar-refractivity contribution in [3.05, 3.63) is 42.1 Å². The number of carboxylic acids is 1. The molecule has 1 aromatic rings. The molecule has 0 bridgehead atoms. The number of ether oxygens (including phenoxy) is 1. The number of sulfonamides is 1. The van der Waals surface area contributed by atoms with Crippen molar-refractivity contribution >= 4 is 21.9 Å². The number of fused-ring (bicyclic) bond motifs is 1. The maximum absolute atomic E-state index is 12.7. The van der Waals surface area contributed by atoms with Gasteiger partial charge in [-0.15, -0.1) is 0 Å². The van der Waals surface area contributed by atoms with Gasteiger partial charge in [-0.05, 0) is 63.2 Å². The molecule has 1 aromatic carbocycles. The van der Waals surface area contributed by atoms with E-state index >= 15 is 0 Å². The number of rotatable bonds is 10. The van der Waals surface area contributed by atoms with Gasteiger partial charge in [0.25, 0.3) is 5.91 Å². The minimum Gasteiger partial charge on any atom is -0.480 e. The lowest BCUT2D eigenvalue weighted by Gasteiger charge is -2.33. The van der Waals surface area contributed by atoms with Crippen LogP contribution in [0.2, 0.25) is 0 Å². The maximum atomic E-state index is 12.7. The van der Waals surface area contributed by atoms with Crippen LogP contribution in [0, 0.1) is 11.8 Å². The van der Waals surface area contributed by atoms with E-state index in [9.17, 15) is 23.1 Å². The molecule has 2 fully saturated rings. The summed E-state index contributed by atoms with van der Waals surface area (Å²) in [6, 6.07) is 6.16. The van der Waals surface area contributed by atoms with Crippen LogP contribution in [0.1, 0.15) is 32.1 Å². The first-order chi connectivity index (χ1) is 16.8. The molecule has 2 aliphatic heterocycles. The van der Waals surface area contributed by atoms with Crippen LogP contribution in [0.3, 0.4) is 0 Å². The largest absolute Gasteiger partial charge is 0.480 e. The van der Waals surface area contributed by atoms with Crippen molar-refractivity contribution in [2.75, 3.05) is 26.2 Å². The van der Waals surface area contributed by atoms with E-state index in [0.717, 1.165) is 51.8 Å². The number of carbonyl (C=O) groups excluding carboxylic acids is 1. The summed E-state index contributed by atoms with van der Waals surface area (Å²) in [5, 5.41) is 18.6. The molecule has 192 valence electrons. The molecular weight excluding hydrogens is 472 g/mol. The van der Waals surface area contributed by atoms with Crippen LogP contribution in [0.25, 0.3) is 0 Å². The third kappa shape index (κ3) is 6.81. The molecule has 4 rings (SSSR count). The summed E-state index contributed by atoms with van der Waals surface area (Å²) >= 11 is 0. The highest BCUT2D eigenvalue weighted by Crippen LogP contribution is 2.33. The zero-order chi connectivity index (χ0) is 24.8. The summed E-state index contributed by atoms with van der Waals surface area (Å²) in [4.78, 5) is 24.3. The van der Waals surface area contributed by atoms with Crippen molar-refractivity contribution in [1.82, 2.24) is 20.7 Å². The fraction of sp³-hybridized carbons (Fsp3) is 0.583. The minimum atomic E-state index is -4.04. The van der Waals surface area contributed by atoms with E-state index in [1.54, 1.807) is 18.2 Å². The Bertz CT molecular complexity index is 1030. The summed E-state index contributed by atoms with van der Waals surface area (Å²) in [5.74, 6) is -1.04. The number of hydrogen-bond donors (Lipinski definition) is 5. The first-order valence-electron chi connectivity index (χ1n) is 12.2. The van der Waals surface area contributed by atoms with Gasteiger partial charge >= 0.3 is 5.97 Å². The Morgan fingerprint density at radius 2 is 1.86 bits per heavy atom. The van der Waals surface area contributed by atoms with Crippen molar-refractivity contribution in [3.8, 4) is 0 Å². The number of carbonyl (C=O) groups is 2. The van der Waals surface area contributed by atoms with Crippen molar-refractivity contribution < 1.29 is 27.9 Å². The van der Waals surface area contributed by atoms with Gasteiger partial charge in [-0.25, -0.2) is 8.42 Å². The van der Waals surface area contributed by atoms with E-state index in [1.165, 1.54) is 12.1 Å². The lowest BCUT2D eigenvalue weighted by molar-refractivity contribution is -0.138.